The summed E-state index contributed by atoms with van der Waals surface area (Å²) < 4.78 is 21.6. The molecule has 0 bridgehead atoms. The molecule has 0 spiro atoms. The molecular formula is C28H25BN2O6. The van der Waals surface area contributed by atoms with Crippen molar-refractivity contribution in [1.29, 1.82) is 0 Å². The topological polar surface area (TPSA) is 95.1 Å². The van der Waals surface area contributed by atoms with Gasteiger partial charge in [-0.05, 0) is 59.7 Å². The molecule has 0 aromatic heterocycles. The Kier molecular flexibility index (Phi) is 9.02. The van der Waals surface area contributed by atoms with Crippen molar-refractivity contribution in [2.24, 2.45) is 0 Å². The average Bonchev–Trinajstić information content (AvgIpc) is 2.94. The number of ether oxygens (including phenoxy) is 2. The number of carbonyl (C=O) groups is 2. The monoisotopic (exact) mass is 496 g/mol. The number of hydrogen-bond donors (Lipinski definition) is 2. The zero-order valence-electron chi connectivity index (χ0n) is 20.0. The summed E-state index contributed by atoms with van der Waals surface area (Å²) in [5, 5.41) is 5.34. The van der Waals surface area contributed by atoms with Crippen molar-refractivity contribution < 1.29 is 28.4 Å². The molecule has 2 N–H and O–H groups in total. The van der Waals surface area contributed by atoms with E-state index in [1.807, 2.05) is 60.7 Å². The molecule has 0 aliphatic heterocycles. The second kappa shape index (κ2) is 13.2. The highest BCUT2D eigenvalue weighted by atomic mass is 16.6. The number of rotatable bonds is 10. The van der Waals surface area contributed by atoms with E-state index in [-0.39, 0.29) is 20.9 Å². The van der Waals surface area contributed by atoms with Gasteiger partial charge in [0, 0.05) is 11.4 Å². The molecule has 0 fully saturated rings. The van der Waals surface area contributed by atoms with E-state index in [0.29, 0.717) is 22.9 Å². The second-order valence-corrected chi connectivity index (χ2v) is 7.83. The Balaban J connectivity index is 1.14. The lowest BCUT2D eigenvalue weighted by atomic mass is 10.2. The fourth-order valence-corrected chi connectivity index (χ4v) is 3.19. The Labute approximate surface area is 215 Å². The highest BCUT2D eigenvalue weighted by Gasteiger charge is 2.07. The number of nitrogens with one attached hydrogen (secondary N) is 2. The lowest BCUT2D eigenvalue weighted by molar-refractivity contribution is 0.154. The molecule has 8 nitrogen and oxygen atoms in total. The first-order chi connectivity index (χ1) is 18.1. The van der Waals surface area contributed by atoms with Gasteiger partial charge in [0.2, 0.25) is 0 Å². The number of carbonyl (C=O) groups excluding carboxylic acids is 2. The summed E-state index contributed by atoms with van der Waals surface area (Å²) in [5.74, 6) is 1.14. The fraction of sp³-hybridized carbons (Fsp3) is 0.0714. The molecule has 0 aliphatic carbocycles. The first kappa shape index (κ1) is 25.2. The summed E-state index contributed by atoms with van der Waals surface area (Å²) in [4.78, 5) is 23.9. The second-order valence-electron chi connectivity index (χ2n) is 7.83. The van der Waals surface area contributed by atoms with Crippen LogP contribution < -0.4 is 19.9 Å². The van der Waals surface area contributed by atoms with E-state index in [4.69, 9.17) is 18.8 Å². The van der Waals surface area contributed by atoms with Gasteiger partial charge in [0.15, 0.2) is 0 Å². The molecule has 4 rings (SSSR count). The van der Waals surface area contributed by atoms with Crippen LogP contribution in [-0.2, 0) is 22.7 Å². The van der Waals surface area contributed by atoms with E-state index < -0.39 is 12.2 Å². The van der Waals surface area contributed by atoms with Crippen molar-refractivity contribution in [3.05, 3.63) is 120 Å². The van der Waals surface area contributed by atoms with Gasteiger partial charge in [0.05, 0.1) is 0 Å². The minimum absolute atomic E-state index is 0.0161. The molecule has 4 aromatic carbocycles. The highest BCUT2D eigenvalue weighted by molar-refractivity contribution is 6.20. The van der Waals surface area contributed by atoms with Crippen LogP contribution in [0, 0.1) is 0 Å². The van der Waals surface area contributed by atoms with Gasteiger partial charge < -0.3 is 18.8 Å². The predicted molar refractivity (Wildman–Crippen MR) is 142 cm³/mol. The molecule has 0 unspecified atom stereocenters. The summed E-state index contributed by atoms with van der Waals surface area (Å²) >= 11 is 0. The molecule has 0 saturated heterocycles. The van der Waals surface area contributed by atoms with Crippen molar-refractivity contribution in [1.82, 2.24) is 0 Å². The van der Waals surface area contributed by atoms with Gasteiger partial charge in [-0.15, -0.1) is 0 Å². The van der Waals surface area contributed by atoms with Crippen molar-refractivity contribution in [2.45, 2.75) is 13.2 Å². The summed E-state index contributed by atoms with van der Waals surface area (Å²) in [6.07, 6.45) is -1.08. The summed E-state index contributed by atoms with van der Waals surface area (Å²) in [7, 11) is -0.0161. The lowest BCUT2D eigenvalue weighted by Crippen LogP contribution is -2.14. The lowest BCUT2D eigenvalue weighted by Gasteiger charge is -2.10. The van der Waals surface area contributed by atoms with Gasteiger partial charge in [-0.25, -0.2) is 9.59 Å². The first-order valence-electron chi connectivity index (χ1n) is 11.6. The Hall–Kier alpha value is -4.92. The summed E-state index contributed by atoms with van der Waals surface area (Å²) in [6.45, 7) is 0.390. The smallest absolute Gasteiger partial charge is 0.529 e. The Morgan fingerprint density at radius 1 is 0.541 bits per heavy atom. The number of amides is 2. The van der Waals surface area contributed by atoms with E-state index in [1.165, 1.54) is 0 Å². The number of hydrogen-bond acceptors (Lipinski definition) is 6. The number of benzene rings is 4. The molecular weight excluding hydrogens is 471 g/mol. The highest BCUT2D eigenvalue weighted by Crippen LogP contribution is 2.18. The third-order valence-corrected chi connectivity index (χ3v) is 5.08. The normalized spacial score (nSPS) is 10.1. The number of anilines is 2. The van der Waals surface area contributed by atoms with Crippen molar-refractivity contribution in [3.63, 3.8) is 0 Å². The molecule has 0 atom stereocenters. The van der Waals surface area contributed by atoms with E-state index >= 15 is 0 Å². The van der Waals surface area contributed by atoms with Gasteiger partial charge in [0.25, 0.3) is 0 Å². The van der Waals surface area contributed by atoms with Gasteiger partial charge in [-0.1, -0.05) is 60.7 Å². The van der Waals surface area contributed by atoms with E-state index in [2.05, 4.69) is 10.6 Å². The maximum absolute atomic E-state index is 12.0. The molecule has 0 radical (unpaired) electrons. The van der Waals surface area contributed by atoms with E-state index in [1.54, 1.807) is 48.5 Å². The van der Waals surface area contributed by atoms with Gasteiger partial charge in [-0.3, -0.25) is 10.6 Å². The van der Waals surface area contributed by atoms with Crippen molar-refractivity contribution in [2.75, 3.05) is 10.6 Å². The summed E-state index contributed by atoms with van der Waals surface area (Å²) in [6, 6.07) is 32.6. The van der Waals surface area contributed by atoms with Crippen LogP contribution in [0.15, 0.2) is 109 Å². The van der Waals surface area contributed by atoms with E-state index in [0.717, 1.165) is 11.1 Å². The van der Waals surface area contributed by atoms with Crippen LogP contribution in [0.4, 0.5) is 21.0 Å². The zero-order valence-corrected chi connectivity index (χ0v) is 20.0. The third-order valence-electron chi connectivity index (χ3n) is 5.08. The van der Waals surface area contributed by atoms with Crippen LogP contribution in [0.5, 0.6) is 11.5 Å². The van der Waals surface area contributed by atoms with Crippen LogP contribution in [0.25, 0.3) is 0 Å². The predicted octanol–water partition coefficient (Wildman–Crippen LogP) is 5.91. The standard InChI is InChI=1S/C28H25BN2O6/c32-27(34-19-21-7-3-1-4-8-21)30-23-11-15-25(16-12-23)36-29-37-26-17-13-24(14-18-26)31-28(33)35-20-22-9-5-2-6-10-22/h1-18,29H,19-20H2,(H,30,32)(H,31,33). The maximum atomic E-state index is 12.0. The third kappa shape index (κ3) is 8.67. The van der Waals surface area contributed by atoms with Crippen LogP contribution >= 0.6 is 0 Å². The van der Waals surface area contributed by atoms with Gasteiger partial charge in [0.1, 0.15) is 24.7 Å². The van der Waals surface area contributed by atoms with E-state index in [9.17, 15) is 9.59 Å². The molecule has 2 amide bonds. The van der Waals surface area contributed by atoms with Crippen molar-refractivity contribution >= 4 is 31.2 Å². The van der Waals surface area contributed by atoms with Gasteiger partial charge >= 0.3 is 19.9 Å². The molecule has 9 heteroatoms. The van der Waals surface area contributed by atoms with Crippen LogP contribution in [0.3, 0.4) is 0 Å². The maximum Gasteiger partial charge on any atom is 0.576 e. The zero-order chi connectivity index (χ0) is 25.7. The molecule has 0 saturated carbocycles. The molecule has 37 heavy (non-hydrogen) atoms. The fourth-order valence-electron chi connectivity index (χ4n) is 3.19. The Morgan fingerprint density at radius 2 is 0.919 bits per heavy atom. The quantitative estimate of drug-likeness (QED) is 0.265. The average molecular weight is 496 g/mol. The Morgan fingerprint density at radius 3 is 1.30 bits per heavy atom. The molecule has 186 valence electrons. The molecule has 0 heterocycles. The minimum Gasteiger partial charge on any atom is -0.529 e. The van der Waals surface area contributed by atoms with Crippen LogP contribution in [0.1, 0.15) is 11.1 Å². The SMILES string of the molecule is O=C(Nc1ccc(OBOc2ccc(NC(=O)OCc3ccccc3)cc2)cc1)OCc1ccccc1. The Bertz CT molecular complexity index is 1170. The molecule has 0 aliphatic rings. The molecule has 4 aromatic rings. The van der Waals surface area contributed by atoms with Crippen LogP contribution in [-0.4, -0.2) is 19.9 Å². The first-order valence-corrected chi connectivity index (χ1v) is 11.6. The summed E-state index contributed by atoms with van der Waals surface area (Å²) in [5.41, 5.74) is 2.98. The van der Waals surface area contributed by atoms with Crippen LogP contribution in [0.2, 0.25) is 0 Å². The largest absolute Gasteiger partial charge is 0.576 e. The minimum atomic E-state index is -0.539. The van der Waals surface area contributed by atoms with Crippen molar-refractivity contribution in [3.8, 4) is 11.5 Å². The van der Waals surface area contributed by atoms with Gasteiger partial charge in [-0.2, -0.15) is 0 Å².